The number of fused-ring (bicyclic) bond motifs is 1. The van der Waals surface area contributed by atoms with Crippen molar-refractivity contribution in [2.24, 2.45) is 0 Å². The SMILES string of the molecule is O=C1OCCC1Oc1ccc2ncnc(Cl)c2c1. The number of aromatic nitrogens is 2. The zero-order chi connectivity index (χ0) is 12.5. The van der Waals surface area contributed by atoms with Crippen molar-refractivity contribution in [2.45, 2.75) is 12.5 Å². The van der Waals surface area contributed by atoms with Crippen LogP contribution in [0.2, 0.25) is 5.15 Å². The third kappa shape index (κ3) is 1.97. The second-order valence-corrected chi connectivity index (χ2v) is 4.26. The van der Waals surface area contributed by atoms with Gasteiger partial charge in [0, 0.05) is 11.8 Å². The number of benzene rings is 1. The molecule has 5 nitrogen and oxygen atoms in total. The Morgan fingerprint density at radius 3 is 3.06 bits per heavy atom. The average molecular weight is 265 g/mol. The van der Waals surface area contributed by atoms with Gasteiger partial charge in [-0.2, -0.15) is 0 Å². The van der Waals surface area contributed by atoms with Gasteiger partial charge in [0.1, 0.15) is 17.2 Å². The van der Waals surface area contributed by atoms with Gasteiger partial charge in [-0.05, 0) is 18.2 Å². The summed E-state index contributed by atoms with van der Waals surface area (Å²) in [6, 6.07) is 5.25. The minimum atomic E-state index is -0.536. The number of carbonyl (C=O) groups is 1. The Morgan fingerprint density at radius 1 is 1.39 bits per heavy atom. The van der Waals surface area contributed by atoms with Gasteiger partial charge in [-0.25, -0.2) is 14.8 Å². The summed E-state index contributed by atoms with van der Waals surface area (Å²) in [5.41, 5.74) is 0.733. The minimum Gasteiger partial charge on any atom is -0.479 e. The predicted molar refractivity (Wildman–Crippen MR) is 64.5 cm³/mol. The summed E-state index contributed by atoms with van der Waals surface area (Å²) >= 11 is 5.98. The molecular formula is C12H9ClN2O3. The van der Waals surface area contributed by atoms with Crippen molar-refractivity contribution in [2.75, 3.05) is 6.61 Å². The first-order valence-corrected chi connectivity index (χ1v) is 5.85. The highest BCUT2D eigenvalue weighted by Crippen LogP contribution is 2.25. The maximum absolute atomic E-state index is 11.3. The van der Waals surface area contributed by atoms with Gasteiger partial charge in [0.05, 0.1) is 12.1 Å². The molecule has 0 bridgehead atoms. The van der Waals surface area contributed by atoms with Gasteiger partial charge in [0.25, 0.3) is 0 Å². The Bertz CT molecular complexity index is 617. The molecule has 1 aliphatic rings. The van der Waals surface area contributed by atoms with Gasteiger partial charge in [0.2, 0.25) is 0 Å². The second kappa shape index (κ2) is 4.42. The summed E-state index contributed by atoms with van der Waals surface area (Å²) in [6.07, 6.45) is 1.43. The normalized spacial score (nSPS) is 18.9. The highest BCUT2D eigenvalue weighted by Gasteiger charge is 2.28. The molecule has 1 aliphatic heterocycles. The van der Waals surface area contributed by atoms with Gasteiger partial charge >= 0.3 is 5.97 Å². The number of ether oxygens (including phenoxy) is 2. The molecule has 0 aliphatic carbocycles. The van der Waals surface area contributed by atoms with E-state index in [9.17, 15) is 4.79 Å². The third-order valence-electron chi connectivity index (χ3n) is 2.72. The van der Waals surface area contributed by atoms with E-state index in [1.54, 1.807) is 18.2 Å². The predicted octanol–water partition coefficient (Wildman–Crippen LogP) is 1.98. The zero-order valence-electron chi connectivity index (χ0n) is 9.30. The second-order valence-electron chi connectivity index (χ2n) is 3.91. The molecule has 2 heterocycles. The van der Waals surface area contributed by atoms with E-state index >= 15 is 0 Å². The van der Waals surface area contributed by atoms with Crippen LogP contribution in [0.5, 0.6) is 5.75 Å². The molecule has 1 atom stereocenters. The minimum absolute atomic E-state index is 0.328. The van der Waals surface area contributed by atoms with Crippen LogP contribution in [-0.2, 0) is 9.53 Å². The summed E-state index contributed by atoms with van der Waals surface area (Å²) in [6.45, 7) is 0.404. The highest BCUT2D eigenvalue weighted by molar-refractivity contribution is 6.34. The highest BCUT2D eigenvalue weighted by atomic mass is 35.5. The van der Waals surface area contributed by atoms with Gasteiger partial charge in [-0.1, -0.05) is 11.6 Å². The Morgan fingerprint density at radius 2 is 2.28 bits per heavy atom. The van der Waals surface area contributed by atoms with E-state index in [0.717, 1.165) is 5.52 Å². The largest absolute Gasteiger partial charge is 0.479 e. The summed E-state index contributed by atoms with van der Waals surface area (Å²) in [7, 11) is 0. The van der Waals surface area contributed by atoms with Crippen LogP contribution in [0.1, 0.15) is 6.42 Å². The lowest BCUT2D eigenvalue weighted by atomic mass is 10.2. The van der Waals surface area contributed by atoms with Crippen molar-refractivity contribution >= 4 is 28.5 Å². The smallest absolute Gasteiger partial charge is 0.347 e. The van der Waals surface area contributed by atoms with E-state index in [4.69, 9.17) is 21.1 Å². The van der Waals surface area contributed by atoms with Crippen LogP contribution in [0, 0.1) is 0 Å². The van der Waals surface area contributed by atoms with Crippen molar-refractivity contribution in [3.8, 4) is 5.75 Å². The van der Waals surface area contributed by atoms with Crippen LogP contribution >= 0.6 is 11.6 Å². The van der Waals surface area contributed by atoms with Crippen LogP contribution in [0.3, 0.4) is 0 Å². The van der Waals surface area contributed by atoms with Crippen molar-refractivity contribution in [3.63, 3.8) is 0 Å². The van der Waals surface area contributed by atoms with Crippen LogP contribution < -0.4 is 4.74 Å². The van der Waals surface area contributed by atoms with Gasteiger partial charge < -0.3 is 9.47 Å². The Balaban J connectivity index is 1.93. The molecule has 18 heavy (non-hydrogen) atoms. The number of cyclic esters (lactones) is 1. The number of hydrogen-bond donors (Lipinski definition) is 0. The molecule has 3 rings (SSSR count). The van der Waals surface area contributed by atoms with Crippen molar-refractivity contribution in [1.29, 1.82) is 0 Å². The first-order valence-electron chi connectivity index (χ1n) is 5.47. The van der Waals surface area contributed by atoms with Gasteiger partial charge in [0.15, 0.2) is 6.10 Å². The first-order chi connectivity index (χ1) is 8.74. The Kier molecular flexibility index (Phi) is 2.76. The molecule has 0 amide bonds. The van der Waals surface area contributed by atoms with Crippen LogP contribution in [-0.4, -0.2) is 28.6 Å². The number of nitrogens with zero attached hydrogens (tertiary/aromatic N) is 2. The van der Waals surface area contributed by atoms with Crippen molar-refractivity contribution in [3.05, 3.63) is 29.7 Å². The molecular weight excluding hydrogens is 256 g/mol. The van der Waals surface area contributed by atoms with E-state index in [1.165, 1.54) is 6.33 Å². The number of rotatable bonds is 2. The molecule has 1 unspecified atom stereocenters. The van der Waals surface area contributed by atoms with Crippen molar-refractivity contribution in [1.82, 2.24) is 9.97 Å². The lowest BCUT2D eigenvalue weighted by Gasteiger charge is -2.10. The molecule has 1 aromatic heterocycles. The number of esters is 1. The summed E-state index contributed by atoms with van der Waals surface area (Å²) in [5, 5.41) is 1.06. The van der Waals surface area contributed by atoms with Crippen LogP contribution in [0.4, 0.5) is 0 Å². The average Bonchev–Trinajstić information content (AvgIpc) is 2.76. The first kappa shape index (κ1) is 11.2. The van der Waals surface area contributed by atoms with E-state index in [-0.39, 0.29) is 5.97 Å². The van der Waals surface area contributed by atoms with Crippen LogP contribution in [0.15, 0.2) is 24.5 Å². The molecule has 0 radical (unpaired) electrons. The molecule has 0 spiro atoms. The number of hydrogen-bond acceptors (Lipinski definition) is 5. The monoisotopic (exact) mass is 264 g/mol. The van der Waals surface area contributed by atoms with E-state index < -0.39 is 6.10 Å². The zero-order valence-corrected chi connectivity index (χ0v) is 10.1. The maximum Gasteiger partial charge on any atom is 0.347 e. The summed E-state index contributed by atoms with van der Waals surface area (Å²) < 4.78 is 10.4. The van der Waals surface area contributed by atoms with E-state index in [0.29, 0.717) is 29.3 Å². The molecule has 1 saturated heterocycles. The molecule has 2 aromatic rings. The quantitative estimate of drug-likeness (QED) is 0.613. The third-order valence-corrected chi connectivity index (χ3v) is 3.02. The standard InChI is InChI=1S/C12H9ClN2O3/c13-11-8-5-7(1-2-9(8)14-6-15-11)18-10-3-4-17-12(10)16/h1-2,5-6,10H,3-4H2. The molecule has 0 saturated carbocycles. The molecule has 92 valence electrons. The summed E-state index contributed by atoms with van der Waals surface area (Å²) in [5.74, 6) is 0.230. The van der Waals surface area contributed by atoms with Crippen LogP contribution in [0.25, 0.3) is 10.9 Å². The van der Waals surface area contributed by atoms with Crippen molar-refractivity contribution < 1.29 is 14.3 Å². The van der Waals surface area contributed by atoms with Gasteiger partial charge in [-0.3, -0.25) is 0 Å². The Hall–Kier alpha value is -1.88. The lowest BCUT2D eigenvalue weighted by molar-refractivity contribution is -0.143. The van der Waals surface area contributed by atoms with E-state index in [1.807, 2.05) is 0 Å². The topological polar surface area (TPSA) is 61.3 Å². The molecule has 0 N–H and O–H groups in total. The summed E-state index contributed by atoms with van der Waals surface area (Å²) in [4.78, 5) is 19.3. The maximum atomic E-state index is 11.3. The number of halogens is 1. The number of carbonyl (C=O) groups excluding carboxylic acids is 1. The fourth-order valence-corrected chi connectivity index (χ4v) is 2.02. The lowest BCUT2D eigenvalue weighted by Crippen LogP contribution is -2.21. The molecule has 1 aromatic carbocycles. The fourth-order valence-electron chi connectivity index (χ4n) is 1.83. The molecule has 6 heteroatoms. The van der Waals surface area contributed by atoms with Gasteiger partial charge in [-0.15, -0.1) is 0 Å². The Labute approximate surface area is 108 Å². The molecule has 1 fully saturated rings. The van der Waals surface area contributed by atoms with E-state index in [2.05, 4.69) is 9.97 Å². The fraction of sp³-hybridized carbons (Fsp3) is 0.250.